The molecule has 3 aromatic rings. The van der Waals surface area contributed by atoms with E-state index in [-0.39, 0.29) is 6.17 Å². The molecule has 0 radical (unpaired) electrons. The summed E-state index contributed by atoms with van der Waals surface area (Å²) < 4.78 is 0. The van der Waals surface area contributed by atoms with Gasteiger partial charge in [0.25, 0.3) is 0 Å². The maximum Gasteiger partial charge on any atom is 0.130 e. The molecule has 1 unspecified atom stereocenters. The molecule has 2 heteroatoms. The van der Waals surface area contributed by atoms with E-state index in [1.54, 1.807) is 0 Å². The lowest BCUT2D eigenvalue weighted by atomic mass is 10.1. The molecule has 0 aromatic heterocycles. The van der Waals surface area contributed by atoms with Gasteiger partial charge >= 0.3 is 0 Å². The van der Waals surface area contributed by atoms with Crippen LogP contribution in [0.5, 0.6) is 0 Å². The Morgan fingerprint density at radius 1 is 0.773 bits per heavy atom. The first kappa shape index (κ1) is 13.0. The minimum Gasteiger partial charge on any atom is -0.359 e. The molecular formula is C20H18N2. The van der Waals surface area contributed by atoms with Crippen LogP contribution in [0.4, 0.5) is 17.1 Å². The molecule has 0 saturated heterocycles. The van der Waals surface area contributed by atoms with E-state index in [1.165, 1.54) is 28.2 Å². The molecule has 0 aliphatic carbocycles. The summed E-state index contributed by atoms with van der Waals surface area (Å²) in [5, 5.41) is 3.64. The second kappa shape index (κ2) is 5.23. The van der Waals surface area contributed by atoms with Crippen molar-refractivity contribution in [1.82, 2.24) is 0 Å². The van der Waals surface area contributed by atoms with Gasteiger partial charge in [-0.25, -0.2) is 0 Å². The molecule has 0 fully saturated rings. The van der Waals surface area contributed by atoms with E-state index in [4.69, 9.17) is 0 Å². The van der Waals surface area contributed by atoms with Gasteiger partial charge in [0.15, 0.2) is 0 Å². The normalized spacial score (nSPS) is 16.2. The van der Waals surface area contributed by atoms with Crippen LogP contribution in [-0.4, -0.2) is 0 Å². The van der Waals surface area contributed by atoms with Gasteiger partial charge in [0.05, 0.1) is 11.4 Å². The second-order valence-electron chi connectivity index (χ2n) is 5.68. The van der Waals surface area contributed by atoms with Crippen LogP contribution in [0.15, 0.2) is 78.9 Å². The Morgan fingerprint density at radius 3 is 2.23 bits per heavy atom. The summed E-state index contributed by atoms with van der Waals surface area (Å²) in [5.74, 6) is 0. The predicted molar refractivity (Wildman–Crippen MR) is 92.6 cm³/mol. The van der Waals surface area contributed by atoms with Crippen LogP contribution in [0.25, 0.3) is 0 Å². The second-order valence-corrected chi connectivity index (χ2v) is 5.68. The highest BCUT2D eigenvalue weighted by atomic mass is 15.3. The van der Waals surface area contributed by atoms with Crippen molar-refractivity contribution in [3.05, 3.63) is 90.0 Å². The Bertz CT molecular complexity index is 778. The number of anilines is 3. The highest BCUT2D eigenvalue weighted by Gasteiger charge is 2.30. The number of para-hydroxylation sites is 2. The third kappa shape index (κ3) is 2.13. The minimum absolute atomic E-state index is 0.126. The molecule has 22 heavy (non-hydrogen) atoms. The Labute approximate surface area is 131 Å². The molecule has 0 amide bonds. The molecule has 1 N–H and O–H groups in total. The fraction of sp³-hybridized carbons (Fsp3) is 0.100. The SMILES string of the molecule is Cc1ccc(N2c3ccccc3NC2c2ccccc2)cc1. The zero-order chi connectivity index (χ0) is 14.9. The molecule has 1 aliphatic rings. The van der Waals surface area contributed by atoms with Crippen molar-refractivity contribution in [1.29, 1.82) is 0 Å². The Balaban J connectivity index is 1.84. The van der Waals surface area contributed by atoms with Crippen LogP contribution in [0.3, 0.4) is 0 Å². The van der Waals surface area contributed by atoms with E-state index in [1.807, 2.05) is 0 Å². The van der Waals surface area contributed by atoms with E-state index in [0.717, 1.165) is 0 Å². The predicted octanol–water partition coefficient (Wildman–Crippen LogP) is 5.26. The number of rotatable bonds is 2. The highest BCUT2D eigenvalue weighted by molar-refractivity contribution is 5.83. The lowest BCUT2D eigenvalue weighted by Crippen LogP contribution is -2.23. The van der Waals surface area contributed by atoms with Crippen LogP contribution in [0.2, 0.25) is 0 Å². The number of fused-ring (bicyclic) bond motifs is 1. The van der Waals surface area contributed by atoms with Crippen LogP contribution in [-0.2, 0) is 0 Å². The molecule has 0 bridgehead atoms. The van der Waals surface area contributed by atoms with Crippen molar-refractivity contribution in [2.75, 3.05) is 10.2 Å². The fourth-order valence-corrected chi connectivity index (χ4v) is 3.02. The van der Waals surface area contributed by atoms with E-state index in [9.17, 15) is 0 Å². The fourth-order valence-electron chi connectivity index (χ4n) is 3.02. The average Bonchev–Trinajstić information content (AvgIpc) is 2.96. The molecule has 0 spiro atoms. The summed E-state index contributed by atoms with van der Waals surface area (Å²) in [5.41, 5.74) is 6.15. The quantitative estimate of drug-likeness (QED) is 0.691. The first-order chi connectivity index (χ1) is 10.8. The Kier molecular flexibility index (Phi) is 3.08. The topological polar surface area (TPSA) is 15.3 Å². The van der Waals surface area contributed by atoms with Crippen molar-refractivity contribution in [2.45, 2.75) is 13.1 Å². The lowest BCUT2D eigenvalue weighted by molar-refractivity contribution is 0.828. The maximum absolute atomic E-state index is 3.64. The molecule has 0 saturated carbocycles. The Hall–Kier alpha value is -2.74. The number of benzene rings is 3. The molecule has 1 aliphatic heterocycles. The summed E-state index contributed by atoms with van der Waals surface area (Å²) in [6, 6.07) is 27.8. The van der Waals surface area contributed by atoms with E-state index >= 15 is 0 Å². The van der Waals surface area contributed by atoms with Gasteiger partial charge in [-0.1, -0.05) is 60.2 Å². The van der Waals surface area contributed by atoms with E-state index in [2.05, 4.69) is 96.0 Å². The summed E-state index contributed by atoms with van der Waals surface area (Å²) in [6.45, 7) is 2.12. The van der Waals surface area contributed by atoms with Crippen LogP contribution in [0, 0.1) is 6.92 Å². The third-order valence-corrected chi connectivity index (χ3v) is 4.14. The number of hydrogen-bond donors (Lipinski definition) is 1. The van der Waals surface area contributed by atoms with E-state index in [0.29, 0.717) is 0 Å². The van der Waals surface area contributed by atoms with Crippen molar-refractivity contribution in [3.8, 4) is 0 Å². The van der Waals surface area contributed by atoms with Gasteiger partial charge < -0.3 is 10.2 Å². The van der Waals surface area contributed by atoms with Crippen molar-refractivity contribution >= 4 is 17.1 Å². The number of nitrogens with zero attached hydrogens (tertiary/aromatic N) is 1. The molecular weight excluding hydrogens is 268 g/mol. The van der Waals surface area contributed by atoms with Gasteiger partial charge in [0.2, 0.25) is 0 Å². The highest BCUT2D eigenvalue weighted by Crippen LogP contribution is 2.45. The summed E-state index contributed by atoms with van der Waals surface area (Å²) in [6.07, 6.45) is 0.126. The molecule has 1 heterocycles. The number of aryl methyl sites for hydroxylation is 1. The molecule has 108 valence electrons. The molecule has 3 aromatic carbocycles. The lowest BCUT2D eigenvalue weighted by Gasteiger charge is -2.27. The van der Waals surface area contributed by atoms with Crippen LogP contribution >= 0.6 is 0 Å². The van der Waals surface area contributed by atoms with Crippen LogP contribution in [0.1, 0.15) is 17.3 Å². The summed E-state index contributed by atoms with van der Waals surface area (Å²) >= 11 is 0. The van der Waals surface area contributed by atoms with Crippen molar-refractivity contribution in [3.63, 3.8) is 0 Å². The summed E-state index contributed by atoms with van der Waals surface area (Å²) in [7, 11) is 0. The standard InChI is InChI=1S/C20H18N2/c1-15-11-13-17(14-12-15)22-19-10-6-5-9-18(19)21-20(22)16-7-3-2-4-8-16/h2-14,20-21H,1H3. The van der Waals surface area contributed by atoms with Gasteiger partial charge in [-0.05, 0) is 36.8 Å². The van der Waals surface area contributed by atoms with Gasteiger partial charge in [-0.15, -0.1) is 0 Å². The molecule has 1 atom stereocenters. The van der Waals surface area contributed by atoms with Gasteiger partial charge in [-0.3, -0.25) is 0 Å². The first-order valence-corrected chi connectivity index (χ1v) is 7.59. The molecule has 2 nitrogen and oxygen atoms in total. The zero-order valence-corrected chi connectivity index (χ0v) is 12.5. The molecule has 4 rings (SSSR count). The van der Waals surface area contributed by atoms with Gasteiger partial charge in [0, 0.05) is 5.69 Å². The number of nitrogens with one attached hydrogen (secondary N) is 1. The minimum atomic E-state index is 0.126. The van der Waals surface area contributed by atoms with Crippen LogP contribution < -0.4 is 10.2 Å². The zero-order valence-electron chi connectivity index (χ0n) is 12.5. The van der Waals surface area contributed by atoms with E-state index < -0.39 is 0 Å². The van der Waals surface area contributed by atoms with Gasteiger partial charge in [0.1, 0.15) is 6.17 Å². The van der Waals surface area contributed by atoms with Crippen molar-refractivity contribution < 1.29 is 0 Å². The number of hydrogen-bond acceptors (Lipinski definition) is 2. The summed E-state index contributed by atoms with van der Waals surface area (Å²) in [4.78, 5) is 2.37. The van der Waals surface area contributed by atoms with Gasteiger partial charge in [-0.2, -0.15) is 0 Å². The maximum atomic E-state index is 3.64. The largest absolute Gasteiger partial charge is 0.359 e. The van der Waals surface area contributed by atoms with Crippen molar-refractivity contribution in [2.24, 2.45) is 0 Å². The third-order valence-electron chi connectivity index (χ3n) is 4.14. The Morgan fingerprint density at radius 2 is 1.45 bits per heavy atom. The monoisotopic (exact) mass is 286 g/mol. The average molecular weight is 286 g/mol. The first-order valence-electron chi connectivity index (χ1n) is 7.59. The smallest absolute Gasteiger partial charge is 0.130 e.